The fraction of sp³-hybridized carbons (Fsp3) is 0.292. The molecule has 2 aromatic heterocycles. The summed E-state index contributed by atoms with van der Waals surface area (Å²) in [5.74, 6) is 0.213. The number of H-pyrrole nitrogens is 1. The van der Waals surface area contributed by atoms with Gasteiger partial charge in [0.1, 0.15) is 0 Å². The minimum Gasteiger partial charge on any atom is -0.369 e. The first kappa shape index (κ1) is 20.9. The number of hydrogen-bond acceptors (Lipinski definition) is 6. The largest absolute Gasteiger partial charge is 0.369 e. The summed E-state index contributed by atoms with van der Waals surface area (Å²) in [6.07, 6.45) is 1.64. The highest BCUT2D eigenvalue weighted by Gasteiger charge is 2.43. The summed E-state index contributed by atoms with van der Waals surface area (Å²) in [5.41, 5.74) is 6.74. The van der Waals surface area contributed by atoms with Crippen LogP contribution in [0.2, 0.25) is 0 Å². The zero-order valence-electron chi connectivity index (χ0n) is 18.9. The molecule has 4 aromatic rings. The maximum atomic E-state index is 13.6. The Hall–Kier alpha value is -3.66. The topological polar surface area (TPSA) is 104 Å². The number of fused-ring (bicyclic) bond motifs is 2. The molecular weight excluding hydrogens is 452 g/mol. The zero-order chi connectivity index (χ0) is 23.6. The first-order chi connectivity index (χ1) is 16.3. The molecule has 2 aromatic carbocycles. The molecular formula is C24H24N6O3S. The summed E-state index contributed by atoms with van der Waals surface area (Å²) in [6, 6.07) is 13.5. The smallest absolute Gasteiger partial charge is 0.280 e. The molecule has 0 bridgehead atoms. The minimum atomic E-state index is -2.94. The monoisotopic (exact) mass is 476 g/mol. The number of nitrogens with one attached hydrogen (secondary N) is 1. The molecule has 1 N–H and O–H groups in total. The van der Waals surface area contributed by atoms with Crippen molar-refractivity contribution in [3.8, 4) is 0 Å². The van der Waals surface area contributed by atoms with E-state index >= 15 is 0 Å². The van der Waals surface area contributed by atoms with Gasteiger partial charge in [0.2, 0.25) is 0 Å². The van der Waals surface area contributed by atoms with Crippen LogP contribution in [0.4, 0.5) is 11.4 Å². The van der Waals surface area contributed by atoms with Crippen molar-refractivity contribution in [2.75, 3.05) is 34.4 Å². The molecule has 9 nitrogen and oxygen atoms in total. The molecule has 0 radical (unpaired) electrons. The Morgan fingerprint density at radius 3 is 2.47 bits per heavy atom. The zero-order valence-corrected chi connectivity index (χ0v) is 19.7. The number of hydrogen-bond donors (Lipinski definition) is 1. The lowest BCUT2D eigenvalue weighted by Crippen LogP contribution is -2.40. The third-order valence-corrected chi connectivity index (χ3v) is 8.54. The van der Waals surface area contributed by atoms with Gasteiger partial charge in [-0.15, -0.1) is 0 Å². The number of benzene rings is 2. The number of nitrogens with zero attached hydrogens (tertiary/aromatic N) is 5. The quantitative estimate of drug-likeness (QED) is 0.487. The fourth-order valence-corrected chi connectivity index (χ4v) is 6.16. The number of imidazole rings is 1. The Bertz CT molecular complexity index is 1520. The van der Waals surface area contributed by atoms with E-state index in [0.29, 0.717) is 18.8 Å². The second-order valence-electron chi connectivity index (χ2n) is 8.88. The normalized spacial score (nSPS) is 19.7. The van der Waals surface area contributed by atoms with E-state index in [-0.39, 0.29) is 23.5 Å². The lowest BCUT2D eigenvalue weighted by molar-refractivity contribution is 0.0988. The van der Waals surface area contributed by atoms with Crippen molar-refractivity contribution >= 4 is 38.2 Å². The molecule has 174 valence electrons. The van der Waals surface area contributed by atoms with Crippen LogP contribution >= 0.6 is 0 Å². The third kappa shape index (κ3) is 3.20. The molecule has 0 aliphatic carbocycles. The predicted octanol–water partition coefficient (Wildman–Crippen LogP) is 2.59. The van der Waals surface area contributed by atoms with Gasteiger partial charge in [-0.3, -0.25) is 14.4 Å². The summed E-state index contributed by atoms with van der Waals surface area (Å²) in [6.45, 7) is 2.96. The van der Waals surface area contributed by atoms with E-state index in [1.165, 1.54) is 0 Å². The Kier molecular flexibility index (Phi) is 4.57. The van der Waals surface area contributed by atoms with Crippen molar-refractivity contribution in [3.05, 3.63) is 71.3 Å². The summed E-state index contributed by atoms with van der Waals surface area (Å²) < 4.78 is 25.3. The lowest BCUT2D eigenvalue weighted by Gasteiger charge is -2.30. The number of carbonyl (C=O) groups excluding carboxylic acids is 1. The fourth-order valence-electron chi connectivity index (χ4n) is 4.96. The first-order valence-corrected chi connectivity index (χ1v) is 13.0. The van der Waals surface area contributed by atoms with Crippen LogP contribution in [0, 0.1) is 6.92 Å². The molecule has 1 amide bonds. The van der Waals surface area contributed by atoms with Crippen molar-refractivity contribution in [2.24, 2.45) is 7.05 Å². The number of amides is 1. The van der Waals surface area contributed by atoms with Gasteiger partial charge in [-0.2, -0.15) is 5.10 Å². The summed E-state index contributed by atoms with van der Waals surface area (Å²) in [7, 11) is -1.09. The maximum Gasteiger partial charge on any atom is 0.280 e. The Morgan fingerprint density at radius 2 is 1.74 bits per heavy atom. The molecule has 4 heterocycles. The molecule has 2 aliphatic rings. The Balaban J connectivity index is 1.41. The van der Waals surface area contributed by atoms with E-state index in [1.807, 2.05) is 56.4 Å². The van der Waals surface area contributed by atoms with Crippen LogP contribution in [0.25, 0.3) is 11.0 Å². The molecule has 0 saturated carbocycles. The highest BCUT2D eigenvalue weighted by atomic mass is 32.2. The van der Waals surface area contributed by atoms with Gasteiger partial charge in [-0.1, -0.05) is 12.1 Å². The molecule has 1 atom stereocenters. The van der Waals surface area contributed by atoms with Crippen LogP contribution in [0.1, 0.15) is 33.4 Å². The number of aromatic nitrogens is 4. The summed E-state index contributed by atoms with van der Waals surface area (Å²) in [5, 5.41) is 4.52. The van der Waals surface area contributed by atoms with Crippen LogP contribution in [0.15, 0.2) is 48.8 Å². The van der Waals surface area contributed by atoms with Crippen LogP contribution < -0.4 is 9.80 Å². The Labute approximate surface area is 196 Å². The van der Waals surface area contributed by atoms with Gasteiger partial charge < -0.3 is 9.88 Å². The maximum absolute atomic E-state index is 13.6. The molecule has 10 heteroatoms. The van der Waals surface area contributed by atoms with E-state index < -0.39 is 9.84 Å². The molecule has 1 unspecified atom stereocenters. The van der Waals surface area contributed by atoms with E-state index in [4.69, 9.17) is 0 Å². The van der Waals surface area contributed by atoms with Crippen molar-refractivity contribution in [1.82, 2.24) is 19.7 Å². The molecule has 2 aliphatic heterocycles. The molecule has 34 heavy (non-hydrogen) atoms. The number of aromatic amines is 1. The number of carbonyl (C=O) groups is 1. The third-order valence-electron chi connectivity index (χ3n) is 6.93. The summed E-state index contributed by atoms with van der Waals surface area (Å²) in [4.78, 5) is 24.9. The van der Waals surface area contributed by atoms with Gasteiger partial charge in [-0.25, -0.2) is 13.4 Å². The van der Waals surface area contributed by atoms with Gasteiger partial charge in [0, 0.05) is 42.8 Å². The standard InChI is InChI=1S/C24H24N6O3S/c1-15-21-22(27-28(15)2)24(31)30(18-7-8-19-20(13-18)26-14-25-19)23(21)16-3-5-17(6-4-16)29-9-11-34(32,33)12-10-29/h3-8,13-14,23H,9-12H2,1-2H3,(H,25,26). The number of sulfone groups is 1. The second-order valence-corrected chi connectivity index (χ2v) is 11.2. The SMILES string of the molecule is Cc1c2c(nn1C)C(=O)N(c1ccc3[nH]cnc3c1)C2c1ccc(N2CCS(=O)(=O)CC2)cc1. The average molecular weight is 477 g/mol. The van der Waals surface area contributed by atoms with Crippen LogP contribution in [-0.2, 0) is 16.9 Å². The van der Waals surface area contributed by atoms with Crippen LogP contribution in [0.3, 0.4) is 0 Å². The van der Waals surface area contributed by atoms with Crippen molar-refractivity contribution in [1.29, 1.82) is 0 Å². The molecule has 0 spiro atoms. The van der Waals surface area contributed by atoms with Gasteiger partial charge in [0.05, 0.1) is 34.9 Å². The van der Waals surface area contributed by atoms with Crippen molar-refractivity contribution < 1.29 is 13.2 Å². The van der Waals surface area contributed by atoms with Crippen LogP contribution in [-0.4, -0.2) is 58.7 Å². The van der Waals surface area contributed by atoms with Crippen LogP contribution in [0.5, 0.6) is 0 Å². The van der Waals surface area contributed by atoms with E-state index in [9.17, 15) is 13.2 Å². The second kappa shape index (κ2) is 7.42. The van der Waals surface area contributed by atoms with Gasteiger partial charge in [-0.05, 0) is 42.8 Å². The van der Waals surface area contributed by atoms with Gasteiger partial charge in [0.25, 0.3) is 5.91 Å². The van der Waals surface area contributed by atoms with E-state index in [1.54, 1.807) is 15.9 Å². The first-order valence-electron chi connectivity index (χ1n) is 11.2. The summed E-state index contributed by atoms with van der Waals surface area (Å²) >= 11 is 0. The van der Waals surface area contributed by atoms with Gasteiger partial charge in [0.15, 0.2) is 15.5 Å². The molecule has 6 rings (SSSR count). The number of aryl methyl sites for hydroxylation is 1. The van der Waals surface area contributed by atoms with Crippen molar-refractivity contribution in [3.63, 3.8) is 0 Å². The van der Waals surface area contributed by atoms with Gasteiger partial charge >= 0.3 is 0 Å². The highest BCUT2D eigenvalue weighted by molar-refractivity contribution is 7.91. The lowest BCUT2D eigenvalue weighted by atomic mass is 9.98. The molecule has 1 saturated heterocycles. The minimum absolute atomic E-state index is 0.135. The van der Waals surface area contributed by atoms with E-state index in [0.717, 1.165) is 39.2 Å². The number of anilines is 2. The average Bonchev–Trinajstić information content (AvgIpc) is 3.49. The van der Waals surface area contributed by atoms with Crippen molar-refractivity contribution in [2.45, 2.75) is 13.0 Å². The molecule has 1 fully saturated rings. The Morgan fingerprint density at radius 1 is 1.03 bits per heavy atom. The number of rotatable bonds is 3. The highest BCUT2D eigenvalue weighted by Crippen LogP contribution is 2.43. The van der Waals surface area contributed by atoms with E-state index in [2.05, 4.69) is 20.0 Å². The predicted molar refractivity (Wildman–Crippen MR) is 130 cm³/mol.